The predicted molar refractivity (Wildman–Crippen MR) is 101 cm³/mol. The van der Waals surface area contributed by atoms with Crippen molar-refractivity contribution >= 4 is 28.7 Å². The van der Waals surface area contributed by atoms with Crippen molar-refractivity contribution < 1.29 is 28.3 Å². The summed E-state index contributed by atoms with van der Waals surface area (Å²) in [7, 11) is 0. The Bertz CT molecular complexity index is 895. The molecule has 0 amide bonds. The zero-order chi connectivity index (χ0) is 19.7. The molecule has 1 heterocycles. The van der Waals surface area contributed by atoms with Gasteiger partial charge in [-0.2, -0.15) is 0 Å². The second-order valence-corrected chi connectivity index (χ2v) is 7.63. The van der Waals surface area contributed by atoms with E-state index in [2.05, 4.69) is 0 Å². The van der Waals surface area contributed by atoms with E-state index in [0.29, 0.717) is 29.8 Å². The zero-order valence-electron chi connectivity index (χ0n) is 15.9. The van der Waals surface area contributed by atoms with Crippen LogP contribution in [0.1, 0.15) is 55.1 Å². The summed E-state index contributed by atoms with van der Waals surface area (Å²) in [6.07, 6.45) is 3.96. The van der Waals surface area contributed by atoms with Gasteiger partial charge in [-0.3, -0.25) is 9.59 Å². The molecule has 2 fully saturated rings. The van der Waals surface area contributed by atoms with E-state index in [1.165, 1.54) is 0 Å². The van der Waals surface area contributed by atoms with Crippen LogP contribution in [0.3, 0.4) is 0 Å². The number of Topliss-reactive ketones (excluding diaryl/α,β-unsaturated/α-hetero) is 1. The summed E-state index contributed by atoms with van der Waals surface area (Å²) >= 11 is 0. The molecule has 28 heavy (non-hydrogen) atoms. The summed E-state index contributed by atoms with van der Waals surface area (Å²) < 4.78 is 16.3. The van der Waals surface area contributed by atoms with E-state index in [-0.39, 0.29) is 42.7 Å². The molecule has 2 aliphatic rings. The van der Waals surface area contributed by atoms with E-state index in [4.69, 9.17) is 13.9 Å². The van der Waals surface area contributed by atoms with Crippen LogP contribution in [0.5, 0.6) is 0 Å². The molecule has 4 rings (SSSR count). The van der Waals surface area contributed by atoms with Gasteiger partial charge in [0.2, 0.25) is 5.76 Å². The van der Waals surface area contributed by atoms with Gasteiger partial charge in [-0.05, 0) is 38.7 Å². The quantitative estimate of drug-likeness (QED) is 0.723. The van der Waals surface area contributed by atoms with E-state index < -0.39 is 5.97 Å². The Labute approximate surface area is 163 Å². The Morgan fingerprint density at radius 3 is 2.54 bits per heavy atom. The third-order valence-corrected chi connectivity index (χ3v) is 5.90. The molecule has 0 N–H and O–H groups in total. The fraction of sp³-hybridized carbons (Fsp3) is 0.500. The van der Waals surface area contributed by atoms with Crippen LogP contribution in [0.15, 0.2) is 28.7 Å². The first kappa shape index (κ1) is 18.7. The summed E-state index contributed by atoms with van der Waals surface area (Å²) in [5.74, 6) is -0.735. The van der Waals surface area contributed by atoms with Crippen molar-refractivity contribution in [2.45, 2.75) is 45.6 Å². The number of esters is 2. The number of benzene rings is 1. The van der Waals surface area contributed by atoms with Crippen LogP contribution in [-0.4, -0.2) is 24.3 Å². The Morgan fingerprint density at radius 1 is 1.11 bits per heavy atom. The molecule has 6 heteroatoms. The molecule has 1 aromatic heterocycles. The van der Waals surface area contributed by atoms with Crippen LogP contribution in [0, 0.1) is 17.8 Å². The average Bonchev–Trinajstić information content (AvgIpc) is 3.05. The number of furan rings is 1. The van der Waals surface area contributed by atoms with E-state index in [1.807, 2.05) is 18.2 Å². The Hall–Kier alpha value is -2.63. The van der Waals surface area contributed by atoms with Crippen LogP contribution in [0.25, 0.3) is 11.0 Å². The van der Waals surface area contributed by atoms with E-state index in [1.54, 1.807) is 13.0 Å². The lowest BCUT2D eigenvalue weighted by Crippen LogP contribution is -2.39. The van der Waals surface area contributed by atoms with Gasteiger partial charge in [0, 0.05) is 17.2 Å². The number of ketones is 1. The van der Waals surface area contributed by atoms with Crippen LogP contribution in [0.2, 0.25) is 0 Å². The predicted octanol–water partition coefficient (Wildman–Crippen LogP) is 4.05. The molecule has 2 unspecified atom stereocenters. The summed E-state index contributed by atoms with van der Waals surface area (Å²) in [5, 5.41) is 0.731. The van der Waals surface area contributed by atoms with Crippen LogP contribution >= 0.6 is 0 Å². The van der Waals surface area contributed by atoms with Crippen molar-refractivity contribution in [3.63, 3.8) is 0 Å². The van der Waals surface area contributed by atoms with Gasteiger partial charge in [0.25, 0.3) is 0 Å². The van der Waals surface area contributed by atoms with Crippen molar-refractivity contribution in [1.29, 1.82) is 0 Å². The Morgan fingerprint density at radius 2 is 1.82 bits per heavy atom. The minimum absolute atomic E-state index is 0.00472. The van der Waals surface area contributed by atoms with Gasteiger partial charge in [0.15, 0.2) is 0 Å². The number of ether oxygens (including phenoxy) is 2. The molecular weight excluding hydrogens is 360 g/mol. The highest BCUT2D eigenvalue weighted by Gasteiger charge is 2.42. The third-order valence-electron chi connectivity index (χ3n) is 5.90. The maximum absolute atomic E-state index is 12.7. The van der Waals surface area contributed by atoms with Crippen molar-refractivity contribution in [3.05, 3.63) is 35.6 Å². The lowest BCUT2D eigenvalue weighted by atomic mass is 9.67. The summed E-state index contributed by atoms with van der Waals surface area (Å²) in [5.41, 5.74) is 1.07. The standard InChI is InChI=1S/C22H24O6/c1-2-26-22(25)20-17(16-8-3-4-9-18(16)28-20)12-27-21(24)15-10-13-6-5-7-14(11-15)19(13)23/h3-4,8-9,13-15H,2,5-7,10-12H2,1H3. The molecule has 2 saturated carbocycles. The minimum atomic E-state index is -0.567. The van der Waals surface area contributed by atoms with Gasteiger partial charge < -0.3 is 13.9 Å². The highest BCUT2D eigenvalue weighted by molar-refractivity contribution is 5.96. The topological polar surface area (TPSA) is 82.8 Å². The fourth-order valence-electron chi connectivity index (χ4n) is 4.54. The largest absolute Gasteiger partial charge is 0.460 e. The number of rotatable bonds is 5. The Balaban J connectivity index is 1.50. The minimum Gasteiger partial charge on any atom is -0.460 e. The van der Waals surface area contributed by atoms with Gasteiger partial charge >= 0.3 is 11.9 Å². The molecule has 6 nitrogen and oxygen atoms in total. The first-order valence-electron chi connectivity index (χ1n) is 9.96. The highest BCUT2D eigenvalue weighted by Crippen LogP contribution is 2.40. The van der Waals surface area contributed by atoms with Gasteiger partial charge in [-0.15, -0.1) is 0 Å². The van der Waals surface area contributed by atoms with Crippen molar-refractivity contribution in [3.8, 4) is 0 Å². The van der Waals surface area contributed by atoms with Crippen LogP contribution < -0.4 is 0 Å². The second kappa shape index (κ2) is 7.78. The van der Waals surface area contributed by atoms with E-state index in [0.717, 1.165) is 24.6 Å². The first-order valence-corrected chi connectivity index (χ1v) is 9.96. The SMILES string of the molecule is CCOC(=O)c1oc2ccccc2c1COC(=O)C1CC2CCCC(C1)C2=O. The number of fused-ring (bicyclic) bond motifs is 3. The molecule has 2 atom stereocenters. The number of hydrogen-bond acceptors (Lipinski definition) is 6. The molecule has 0 radical (unpaired) electrons. The molecule has 1 aromatic carbocycles. The maximum Gasteiger partial charge on any atom is 0.374 e. The fourth-order valence-corrected chi connectivity index (χ4v) is 4.54. The Kier molecular flexibility index (Phi) is 5.20. The number of carbonyl (C=O) groups is 3. The van der Waals surface area contributed by atoms with Crippen LogP contribution in [0.4, 0.5) is 0 Å². The molecule has 2 bridgehead atoms. The zero-order valence-corrected chi connectivity index (χ0v) is 15.9. The molecule has 148 valence electrons. The summed E-state index contributed by atoms with van der Waals surface area (Å²) in [6, 6.07) is 7.24. The first-order chi connectivity index (χ1) is 13.6. The number of carbonyl (C=O) groups excluding carboxylic acids is 3. The number of para-hydroxylation sites is 1. The van der Waals surface area contributed by atoms with Gasteiger partial charge in [0.05, 0.1) is 18.1 Å². The van der Waals surface area contributed by atoms with Gasteiger partial charge in [0.1, 0.15) is 18.0 Å². The average molecular weight is 384 g/mol. The molecule has 2 aliphatic carbocycles. The molecule has 2 aromatic rings. The lowest BCUT2D eigenvalue weighted by molar-refractivity contribution is -0.154. The molecule has 0 spiro atoms. The maximum atomic E-state index is 12.7. The third kappa shape index (κ3) is 3.43. The number of hydrogen-bond donors (Lipinski definition) is 0. The van der Waals surface area contributed by atoms with E-state index >= 15 is 0 Å². The molecular formula is C22H24O6. The van der Waals surface area contributed by atoms with Crippen molar-refractivity contribution in [1.82, 2.24) is 0 Å². The van der Waals surface area contributed by atoms with Crippen LogP contribution in [-0.2, 0) is 25.7 Å². The van der Waals surface area contributed by atoms with Gasteiger partial charge in [-0.25, -0.2) is 4.79 Å². The van der Waals surface area contributed by atoms with E-state index in [9.17, 15) is 14.4 Å². The molecule has 0 saturated heterocycles. The second-order valence-electron chi connectivity index (χ2n) is 7.63. The smallest absolute Gasteiger partial charge is 0.374 e. The normalized spacial score (nSPS) is 24.2. The van der Waals surface area contributed by atoms with Crippen molar-refractivity contribution in [2.75, 3.05) is 6.61 Å². The van der Waals surface area contributed by atoms with Crippen molar-refractivity contribution in [2.24, 2.45) is 17.8 Å². The molecule has 0 aliphatic heterocycles. The monoisotopic (exact) mass is 384 g/mol. The summed E-state index contributed by atoms with van der Waals surface area (Å²) in [4.78, 5) is 37.2. The highest BCUT2D eigenvalue weighted by atomic mass is 16.5. The summed E-state index contributed by atoms with van der Waals surface area (Å²) in [6.45, 7) is 1.90. The van der Waals surface area contributed by atoms with Gasteiger partial charge in [-0.1, -0.05) is 24.6 Å². The lowest BCUT2D eigenvalue weighted by Gasteiger charge is -2.36.